The molecule has 0 saturated heterocycles. The zero-order chi connectivity index (χ0) is 17.9. The van der Waals surface area contributed by atoms with Crippen LogP contribution in [0.15, 0.2) is 12.1 Å². The van der Waals surface area contributed by atoms with E-state index in [-0.39, 0.29) is 18.4 Å². The fourth-order valence-electron chi connectivity index (χ4n) is 2.36. The Hall–Kier alpha value is -1.44. The molecule has 7 heteroatoms. The zero-order valence-corrected chi connectivity index (χ0v) is 15.5. The Labute approximate surface area is 148 Å². The molecule has 6 nitrogen and oxygen atoms in total. The van der Waals surface area contributed by atoms with Gasteiger partial charge in [0, 0.05) is 16.3 Å². The molecule has 0 aliphatic carbocycles. The highest BCUT2D eigenvalue weighted by Gasteiger charge is 2.21. The monoisotopic (exact) mass is 354 g/mol. The van der Waals surface area contributed by atoms with E-state index >= 15 is 0 Å². The number of thiophene rings is 1. The normalized spacial score (nSPS) is 12.2. The van der Waals surface area contributed by atoms with Crippen molar-refractivity contribution in [3.05, 3.63) is 21.9 Å². The number of rotatable bonds is 11. The predicted molar refractivity (Wildman–Crippen MR) is 98.8 cm³/mol. The van der Waals surface area contributed by atoms with Crippen LogP contribution < -0.4 is 22.1 Å². The molecular weight excluding hydrogens is 324 g/mol. The fraction of sp³-hybridized carbons (Fsp3) is 0.647. The molecule has 0 aromatic carbocycles. The van der Waals surface area contributed by atoms with Gasteiger partial charge < -0.3 is 22.1 Å². The van der Waals surface area contributed by atoms with Crippen molar-refractivity contribution in [1.82, 2.24) is 10.6 Å². The first kappa shape index (κ1) is 20.6. The maximum Gasteiger partial charge on any atom is 0.242 e. The Kier molecular flexibility index (Phi) is 9.59. The predicted octanol–water partition coefficient (Wildman–Crippen LogP) is 0.788. The van der Waals surface area contributed by atoms with Gasteiger partial charge in [-0.2, -0.15) is 0 Å². The highest BCUT2D eigenvalue weighted by molar-refractivity contribution is 7.11. The van der Waals surface area contributed by atoms with E-state index in [4.69, 9.17) is 11.5 Å². The van der Waals surface area contributed by atoms with Crippen LogP contribution in [-0.2, 0) is 22.4 Å². The molecule has 0 spiro atoms. The molecule has 0 saturated carbocycles. The summed E-state index contributed by atoms with van der Waals surface area (Å²) in [6, 6.07) is 3.70. The van der Waals surface area contributed by atoms with Crippen LogP contribution >= 0.6 is 11.3 Å². The van der Waals surface area contributed by atoms with Crippen molar-refractivity contribution >= 4 is 23.2 Å². The molecule has 1 atom stereocenters. The summed E-state index contributed by atoms with van der Waals surface area (Å²) in [5.74, 6) is -0.148. The van der Waals surface area contributed by atoms with E-state index in [2.05, 4.69) is 22.8 Å². The first-order valence-electron chi connectivity index (χ1n) is 8.51. The molecule has 0 bridgehead atoms. The molecular formula is C17H30N4O2S. The maximum absolute atomic E-state index is 12.3. The quantitative estimate of drug-likeness (QED) is 0.471. The molecule has 24 heavy (non-hydrogen) atoms. The van der Waals surface area contributed by atoms with E-state index in [1.807, 2.05) is 13.8 Å². The van der Waals surface area contributed by atoms with Gasteiger partial charge in [0.1, 0.15) is 6.04 Å². The molecule has 0 aliphatic heterocycles. The van der Waals surface area contributed by atoms with Gasteiger partial charge in [-0.25, -0.2) is 0 Å². The average Bonchev–Trinajstić information content (AvgIpc) is 2.99. The van der Waals surface area contributed by atoms with Crippen LogP contribution in [0.2, 0.25) is 0 Å². The van der Waals surface area contributed by atoms with Gasteiger partial charge in [0.2, 0.25) is 11.8 Å². The first-order chi connectivity index (χ1) is 11.5. The van der Waals surface area contributed by atoms with Crippen LogP contribution in [0.3, 0.4) is 0 Å². The van der Waals surface area contributed by atoms with Gasteiger partial charge in [0.05, 0.1) is 6.54 Å². The van der Waals surface area contributed by atoms with E-state index in [1.54, 1.807) is 11.3 Å². The minimum Gasteiger partial charge on any atom is -0.354 e. The molecule has 0 unspecified atom stereocenters. The fourth-order valence-corrected chi connectivity index (χ4v) is 3.42. The van der Waals surface area contributed by atoms with E-state index in [0.717, 1.165) is 19.3 Å². The van der Waals surface area contributed by atoms with Crippen LogP contribution in [0.4, 0.5) is 0 Å². The van der Waals surface area contributed by atoms with Crippen LogP contribution in [-0.4, -0.2) is 37.5 Å². The molecule has 1 aromatic rings. The van der Waals surface area contributed by atoms with Crippen molar-refractivity contribution in [2.75, 3.05) is 19.6 Å². The number of carbonyl (C=O) groups excluding carboxylic acids is 2. The second-order valence-corrected chi connectivity index (χ2v) is 7.51. The summed E-state index contributed by atoms with van der Waals surface area (Å²) in [6.45, 7) is 5.19. The Balaban J connectivity index is 2.43. The van der Waals surface area contributed by atoms with Crippen molar-refractivity contribution in [1.29, 1.82) is 0 Å². The van der Waals surface area contributed by atoms with Gasteiger partial charge in [-0.3, -0.25) is 9.59 Å². The second kappa shape index (κ2) is 11.2. The van der Waals surface area contributed by atoms with Gasteiger partial charge in [0.15, 0.2) is 0 Å². The van der Waals surface area contributed by atoms with E-state index in [9.17, 15) is 9.59 Å². The molecule has 0 fully saturated rings. The van der Waals surface area contributed by atoms with Gasteiger partial charge >= 0.3 is 0 Å². The third-order valence-electron chi connectivity index (χ3n) is 3.56. The molecule has 136 valence electrons. The number of hydrogen-bond acceptors (Lipinski definition) is 5. The van der Waals surface area contributed by atoms with Crippen molar-refractivity contribution in [2.45, 2.75) is 45.6 Å². The number of nitrogens with two attached hydrogens (primary N) is 2. The number of nitrogens with one attached hydrogen (secondary N) is 2. The highest BCUT2D eigenvalue weighted by atomic mass is 32.1. The summed E-state index contributed by atoms with van der Waals surface area (Å²) < 4.78 is 0. The third kappa shape index (κ3) is 7.90. The Bertz CT molecular complexity index is 516. The van der Waals surface area contributed by atoms with E-state index in [1.165, 1.54) is 9.75 Å². The van der Waals surface area contributed by atoms with Gasteiger partial charge in [-0.05, 0) is 50.3 Å². The molecule has 1 rings (SSSR count). The molecule has 6 N–H and O–H groups in total. The van der Waals surface area contributed by atoms with Crippen molar-refractivity contribution in [2.24, 2.45) is 17.4 Å². The lowest BCUT2D eigenvalue weighted by atomic mass is 10.0. The zero-order valence-electron chi connectivity index (χ0n) is 14.6. The van der Waals surface area contributed by atoms with E-state index < -0.39 is 6.04 Å². The van der Waals surface area contributed by atoms with Crippen LogP contribution in [0.25, 0.3) is 0 Å². The molecule has 1 aromatic heterocycles. The minimum atomic E-state index is -0.524. The Morgan fingerprint density at radius 3 is 2.42 bits per heavy atom. The second-order valence-electron chi connectivity index (χ2n) is 6.26. The third-order valence-corrected chi connectivity index (χ3v) is 4.76. The molecule has 1 heterocycles. The van der Waals surface area contributed by atoms with Crippen molar-refractivity contribution in [3.63, 3.8) is 0 Å². The summed E-state index contributed by atoms with van der Waals surface area (Å²) in [5.41, 5.74) is 10.8. The summed E-state index contributed by atoms with van der Waals surface area (Å²) in [4.78, 5) is 26.3. The smallest absolute Gasteiger partial charge is 0.242 e. The minimum absolute atomic E-state index is 0.108. The Morgan fingerprint density at radius 2 is 1.83 bits per heavy atom. The molecule has 0 aliphatic rings. The molecule has 2 amide bonds. The standard InChI is InChI=1S/C17H30N4O2S/c1-12(2)10-15(21-16(22)11-19)17(23)20-9-7-14-6-5-13(24-14)4-3-8-18/h5-6,12,15H,3-4,7-11,18-19H2,1-2H3,(H,20,23)(H,21,22)/t15-/m0/s1. The Morgan fingerprint density at radius 1 is 1.17 bits per heavy atom. The highest BCUT2D eigenvalue weighted by Crippen LogP contribution is 2.18. The number of aryl methyl sites for hydroxylation is 1. The van der Waals surface area contributed by atoms with Gasteiger partial charge in [0.25, 0.3) is 0 Å². The lowest BCUT2D eigenvalue weighted by Crippen LogP contribution is -2.49. The lowest BCUT2D eigenvalue weighted by Gasteiger charge is -2.19. The van der Waals surface area contributed by atoms with Crippen LogP contribution in [0.1, 0.15) is 36.4 Å². The number of amides is 2. The van der Waals surface area contributed by atoms with E-state index in [0.29, 0.717) is 25.4 Å². The van der Waals surface area contributed by atoms with Crippen molar-refractivity contribution < 1.29 is 9.59 Å². The molecule has 0 radical (unpaired) electrons. The number of carbonyl (C=O) groups is 2. The van der Waals surface area contributed by atoms with Crippen LogP contribution in [0, 0.1) is 5.92 Å². The first-order valence-corrected chi connectivity index (χ1v) is 9.32. The average molecular weight is 355 g/mol. The van der Waals surface area contributed by atoms with Crippen LogP contribution in [0.5, 0.6) is 0 Å². The summed E-state index contributed by atoms with van der Waals surface area (Å²) >= 11 is 1.76. The number of hydrogen-bond donors (Lipinski definition) is 4. The summed E-state index contributed by atoms with van der Waals surface area (Å²) in [6.07, 6.45) is 3.39. The summed E-state index contributed by atoms with van der Waals surface area (Å²) in [7, 11) is 0. The lowest BCUT2D eigenvalue weighted by molar-refractivity contribution is -0.128. The van der Waals surface area contributed by atoms with Crippen molar-refractivity contribution in [3.8, 4) is 0 Å². The largest absolute Gasteiger partial charge is 0.354 e. The summed E-state index contributed by atoms with van der Waals surface area (Å²) in [5, 5.41) is 5.60. The topological polar surface area (TPSA) is 110 Å². The van der Waals surface area contributed by atoms with Gasteiger partial charge in [-0.1, -0.05) is 13.8 Å². The van der Waals surface area contributed by atoms with Gasteiger partial charge in [-0.15, -0.1) is 11.3 Å². The SMILES string of the molecule is CC(C)C[C@H](NC(=O)CN)C(=O)NCCc1ccc(CCCN)s1. The maximum atomic E-state index is 12.3.